The summed E-state index contributed by atoms with van der Waals surface area (Å²) >= 11 is 5.83. The number of thiocarbonyl (C=S) groups is 1. The molecule has 1 fully saturated rings. The minimum Gasteiger partial charge on any atom is -0.378 e. The maximum absolute atomic E-state index is 5.83. The molecule has 4 aromatic rings. The molecule has 0 unspecified atom stereocenters. The Bertz CT molecular complexity index is 1200. The maximum atomic E-state index is 5.83. The number of rotatable bonds is 5. The quantitative estimate of drug-likeness (QED) is 0.437. The lowest BCUT2D eigenvalue weighted by Gasteiger charge is -2.27. The first-order valence-corrected chi connectivity index (χ1v) is 11.0. The van der Waals surface area contributed by atoms with Gasteiger partial charge in [0, 0.05) is 49.7 Å². The molecule has 32 heavy (non-hydrogen) atoms. The number of nitrogens with one attached hydrogen (secondary N) is 1. The smallest absolute Gasteiger partial charge is 0.174 e. The highest BCUT2D eigenvalue weighted by molar-refractivity contribution is 7.80. The van der Waals surface area contributed by atoms with Crippen LogP contribution in [0.25, 0.3) is 5.69 Å². The maximum Gasteiger partial charge on any atom is 0.174 e. The molecule has 2 aromatic heterocycles. The van der Waals surface area contributed by atoms with Gasteiger partial charge in [0.2, 0.25) is 0 Å². The summed E-state index contributed by atoms with van der Waals surface area (Å²) in [4.78, 5) is 8.94. The predicted octanol–water partition coefficient (Wildman–Crippen LogP) is 5.12. The molecule has 3 heterocycles. The Hall–Kier alpha value is -3.64. The number of aromatic nitrogens is 2. The molecule has 5 nitrogen and oxygen atoms in total. The fraction of sp³-hybridized carbons (Fsp3) is 0.154. The van der Waals surface area contributed by atoms with Crippen molar-refractivity contribution in [3.63, 3.8) is 0 Å². The van der Waals surface area contributed by atoms with Gasteiger partial charge >= 0.3 is 0 Å². The SMILES string of the molecule is CN(C)c1ccc(N2C(=S)N[C@H](c3ccccn3)[C@H]2c2ccn(-c3ccccc3)c2)cc1. The highest BCUT2D eigenvalue weighted by Gasteiger charge is 2.41. The molecule has 6 heteroatoms. The average molecular weight is 440 g/mol. The van der Waals surface area contributed by atoms with Gasteiger partial charge in [0.1, 0.15) is 0 Å². The number of nitrogens with zero attached hydrogens (tertiary/aromatic N) is 4. The van der Waals surface area contributed by atoms with Crippen LogP contribution in [-0.4, -0.2) is 28.8 Å². The molecule has 0 spiro atoms. The van der Waals surface area contributed by atoms with Crippen LogP contribution in [0, 0.1) is 0 Å². The van der Waals surface area contributed by atoms with Crippen LogP contribution in [0.4, 0.5) is 11.4 Å². The summed E-state index contributed by atoms with van der Waals surface area (Å²) in [7, 11) is 4.09. The molecule has 5 rings (SSSR count). The van der Waals surface area contributed by atoms with Crippen LogP contribution >= 0.6 is 12.2 Å². The largest absolute Gasteiger partial charge is 0.378 e. The van der Waals surface area contributed by atoms with Crippen molar-refractivity contribution >= 4 is 28.7 Å². The minimum absolute atomic E-state index is 0.0208. The van der Waals surface area contributed by atoms with E-state index in [0.29, 0.717) is 5.11 Å². The van der Waals surface area contributed by atoms with E-state index in [0.717, 1.165) is 22.8 Å². The van der Waals surface area contributed by atoms with Gasteiger partial charge in [-0.1, -0.05) is 24.3 Å². The van der Waals surface area contributed by atoms with Crippen molar-refractivity contribution in [3.8, 4) is 5.69 Å². The van der Waals surface area contributed by atoms with Crippen LogP contribution in [0.3, 0.4) is 0 Å². The standard InChI is InChI=1S/C26H25N5S/c1-29(2)20-11-13-22(14-12-20)31-25(24(28-26(31)32)23-10-6-7-16-27-23)19-15-17-30(18-19)21-8-4-3-5-9-21/h3-18,24-25H,1-2H3,(H,28,32)/t24-,25-/m1/s1. The van der Waals surface area contributed by atoms with Gasteiger partial charge in [0.25, 0.3) is 0 Å². The van der Waals surface area contributed by atoms with E-state index in [1.807, 2.05) is 38.5 Å². The molecule has 1 aliphatic rings. The van der Waals surface area contributed by atoms with Gasteiger partial charge < -0.3 is 19.7 Å². The Kier molecular flexibility index (Phi) is 5.37. The molecule has 2 aromatic carbocycles. The lowest BCUT2D eigenvalue weighted by Crippen LogP contribution is -2.29. The number of para-hydroxylation sites is 1. The molecule has 1 saturated heterocycles. The second kappa shape index (κ2) is 8.48. The van der Waals surface area contributed by atoms with E-state index in [1.54, 1.807) is 0 Å². The van der Waals surface area contributed by atoms with Crippen molar-refractivity contribution in [1.82, 2.24) is 14.9 Å². The first kappa shape index (κ1) is 20.3. The number of anilines is 2. The third kappa shape index (κ3) is 3.74. The van der Waals surface area contributed by atoms with Crippen LogP contribution < -0.4 is 15.1 Å². The van der Waals surface area contributed by atoms with Crippen molar-refractivity contribution in [2.75, 3.05) is 23.9 Å². The van der Waals surface area contributed by atoms with Crippen molar-refractivity contribution in [3.05, 3.63) is 109 Å². The third-order valence-electron chi connectivity index (χ3n) is 5.85. The molecule has 0 aliphatic carbocycles. The molecule has 0 radical (unpaired) electrons. The van der Waals surface area contributed by atoms with Crippen LogP contribution in [0.1, 0.15) is 23.3 Å². The summed E-state index contributed by atoms with van der Waals surface area (Å²) in [6, 6.07) is 27.0. The van der Waals surface area contributed by atoms with Crippen LogP contribution in [0.2, 0.25) is 0 Å². The highest BCUT2D eigenvalue weighted by Crippen LogP contribution is 2.42. The number of pyridine rings is 1. The summed E-state index contributed by atoms with van der Waals surface area (Å²) in [6.45, 7) is 0. The number of hydrogen-bond donors (Lipinski definition) is 1. The average Bonchev–Trinajstić information content (AvgIpc) is 3.45. The fourth-order valence-electron chi connectivity index (χ4n) is 4.23. The summed E-state index contributed by atoms with van der Waals surface area (Å²) in [5, 5.41) is 4.23. The Morgan fingerprint density at radius 1 is 0.875 bits per heavy atom. The zero-order chi connectivity index (χ0) is 22.1. The summed E-state index contributed by atoms with van der Waals surface area (Å²) in [5.74, 6) is 0. The van der Waals surface area contributed by atoms with E-state index >= 15 is 0 Å². The van der Waals surface area contributed by atoms with Gasteiger partial charge in [-0.05, 0) is 72.4 Å². The van der Waals surface area contributed by atoms with E-state index in [2.05, 4.69) is 97.7 Å². The molecule has 0 amide bonds. The second-order valence-electron chi connectivity index (χ2n) is 8.10. The first-order chi connectivity index (χ1) is 15.6. The van der Waals surface area contributed by atoms with Crippen LogP contribution in [-0.2, 0) is 0 Å². The minimum atomic E-state index is -0.0520. The van der Waals surface area contributed by atoms with Gasteiger partial charge in [0.15, 0.2) is 5.11 Å². The summed E-state index contributed by atoms with van der Waals surface area (Å²) in [5.41, 5.74) is 5.49. The second-order valence-corrected chi connectivity index (χ2v) is 8.48. The molecule has 0 saturated carbocycles. The van der Waals surface area contributed by atoms with Gasteiger partial charge in [-0.3, -0.25) is 4.98 Å². The molecular weight excluding hydrogens is 414 g/mol. The summed E-state index contributed by atoms with van der Waals surface area (Å²) < 4.78 is 2.15. The van der Waals surface area contributed by atoms with Gasteiger partial charge in [-0.15, -0.1) is 0 Å². The predicted molar refractivity (Wildman–Crippen MR) is 134 cm³/mol. The zero-order valence-corrected chi connectivity index (χ0v) is 18.9. The zero-order valence-electron chi connectivity index (χ0n) is 18.1. The van der Waals surface area contributed by atoms with Crippen molar-refractivity contribution in [2.24, 2.45) is 0 Å². The highest BCUT2D eigenvalue weighted by atomic mass is 32.1. The number of hydrogen-bond acceptors (Lipinski definition) is 3. The Morgan fingerprint density at radius 2 is 1.62 bits per heavy atom. The third-order valence-corrected chi connectivity index (χ3v) is 6.17. The van der Waals surface area contributed by atoms with Crippen molar-refractivity contribution < 1.29 is 0 Å². The van der Waals surface area contributed by atoms with E-state index < -0.39 is 0 Å². The summed E-state index contributed by atoms with van der Waals surface area (Å²) in [6.07, 6.45) is 6.13. The van der Waals surface area contributed by atoms with Crippen molar-refractivity contribution in [2.45, 2.75) is 12.1 Å². The lowest BCUT2D eigenvalue weighted by atomic mass is 9.98. The fourth-order valence-corrected chi connectivity index (χ4v) is 4.58. The first-order valence-electron chi connectivity index (χ1n) is 10.6. The van der Waals surface area contributed by atoms with Gasteiger partial charge in [0.05, 0.1) is 17.8 Å². The van der Waals surface area contributed by atoms with Crippen molar-refractivity contribution in [1.29, 1.82) is 0 Å². The molecular formula is C26H25N5S. The number of benzene rings is 2. The molecule has 1 aliphatic heterocycles. The van der Waals surface area contributed by atoms with E-state index in [9.17, 15) is 0 Å². The Morgan fingerprint density at radius 3 is 2.31 bits per heavy atom. The monoisotopic (exact) mass is 439 g/mol. The van der Waals surface area contributed by atoms with E-state index in [-0.39, 0.29) is 12.1 Å². The van der Waals surface area contributed by atoms with Gasteiger partial charge in [-0.25, -0.2) is 0 Å². The van der Waals surface area contributed by atoms with Crippen LogP contribution in [0.5, 0.6) is 0 Å². The Labute approximate surface area is 193 Å². The Balaban J connectivity index is 1.58. The molecule has 2 atom stereocenters. The molecule has 160 valence electrons. The molecule has 0 bridgehead atoms. The van der Waals surface area contributed by atoms with Gasteiger partial charge in [-0.2, -0.15) is 0 Å². The normalized spacial score (nSPS) is 17.9. The topological polar surface area (TPSA) is 36.3 Å². The van der Waals surface area contributed by atoms with E-state index in [1.165, 1.54) is 5.56 Å². The lowest BCUT2D eigenvalue weighted by molar-refractivity contribution is 0.568. The van der Waals surface area contributed by atoms with Crippen LogP contribution in [0.15, 0.2) is 97.5 Å². The van der Waals surface area contributed by atoms with E-state index in [4.69, 9.17) is 12.2 Å². The molecule has 1 N–H and O–H groups in total.